The summed E-state index contributed by atoms with van der Waals surface area (Å²) in [4.78, 5) is 12.8. The first-order valence-electron chi connectivity index (χ1n) is 6.73. The van der Waals surface area contributed by atoms with Crippen molar-refractivity contribution in [2.24, 2.45) is 5.92 Å². The molecule has 0 radical (unpaired) electrons. The molecule has 1 N–H and O–H groups in total. The fourth-order valence-electron chi connectivity index (χ4n) is 2.12. The summed E-state index contributed by atoms with van der Waals surface area (Å²) in [6.07, 6.45) is 0.0943. The molecular formula is C14H19N5O2. The molecule has 0 fully saturated rings. The minimum absolute atomic E-state index is 0.0400. The van der Waals surface area contributed by atoms with E-state index in [0.717, 1.165) is 11.3 Å². The maximum atomic E-state index is 10.7. The van der Waals surface area contributed by atoms with Crippen molar-refractivity contribution in [3.63, 3.8) is 0 Å². The molecule has 1 unspecified atom stereocenters. The van der Waals surface area contributed by atoms with E-state index in [1.807, 2.05) is 50.2 Å². The molecule has 7 heteroatoms. The van der Waals surface area contributed by atoms with Crippen molar-refractivity contribution in [1.29, 1.82) is 0 Å². The lowest BCUT2D eigenvalue weighted by atomic mass is 10.1. The summed E-state index contributed by atoms with van der Waals surface area (Å²) >= 11 is 0. The maximum absolute atomic E-state index is 10.7. The summed E-state index contributed by atoms with van der Waals surface area (Å²) in [5.41, 5.74) is 1.97. The second kappa shape index (κ2) is 6.34. The summed E-state index contributed by atoms with van der Waals surface area (Å²) in [5, 5.41) is 20.6. The number of aromatic nitrogens is 4. The average molecular weight is 289 g/mol. The van der Waals surface area contributed by atoms with Crippen LogP contribution in [0, 0.1) is 5.92 Å². The van der Waals surface area contributed by atoms with Crippen LogP contribution in [0.5, 0.6) is 0 Å². The van der Waals surface area contributed by atoms with Crippen LogP contribution in [0.1, 0.15) is 13.3 Å². The lowest BCUT2D eigenvalue weighted by Crippen LogP contribution is -2.14. The monoisotopic (exact) mass is 289 g/mol. The third-order valence-electron chi connectivity index (χ3n) is 3.16. The fraction of sp³-hybridized carbons (Fsp3) is 0.429. The lowest BCUT2D eigenvalue weighted by Gasteiger charge is -2.14. The highest BCUT2D eigenvalue weighted by Gasteiger charge is 2.14. The number of tetrazole rings is 1. The van der Waals surface area contributed by atoms with Gasteiger partial charge in [0.05, 0.1) is 0 Å². The molecule has 1 aromatic heterocycles. The van der Waals surface area contributed by atoms with E-state index in [1.165, 1.54) is 0 Å². The van der Waals surface area contributed by atoms with Crippen LogP contribution < -0.4 is 4.90 Å². The van der Waals surface area contributed by atoms with Crippen molar-refractivity contribution in [2.75, 3.05) is 19.0 Å². The van der Waals surface area contributed by atoms with Gasteiger partial charge in [0, 0.05) is 38.3 Å². The molecule has 1 heterocycles. The van der Waals surface area contributed by atoms with Crippen LogP contribution in [-0.2, 0) is 11.3 Å². The van der Waals surface area contributed by atoms with Crippen molar-refractivity contribution in [2.45, 2.75) is 19.9 Å². The van der Waals surface area contributed by atoms with Crippen LogP contribution in [0.15, 0.2) is 24.3 Å². The highest BCUT2D eigenvalue weighted by Crippen LogP contribution is 2.22. The smallest absolute Gasteiger partial charge is 0.303 e. The van der Waals surface area contributed by atoms with E-state index in [1.54, 1.807) is 4.68 Å². The predicted molar refractivity (Wildman–Crippen MR) is 79.0 cm³/mol. The minimum Gasteiger partial charge on any atom is -0.481 e. The first kappa shape index (κ1) is 15.0. The molecular weight excluding hydrogens is 270 g/mol. The molecule has 0 aliphatic carbocycles. The molecule has 1 atom stereocenters. The van der Waals surface area contributed by atoms with Gasteiger partial charge < -0.3 is 10.0 Å². The number of rotatable bonds is 6. The van der Waals surface area contributed by atoms with Crippen LogP contribution in [-0.4, -0.2) is 45.4 Å². The van der Waals surface area contributed by atoms with Gasteiger partial charge in [-0.2, -0.15) is 0 Å². The van der Waals surface area contributed by atoms with Crippen LogP contribution >= 0.6 is 0 Å². The van der Waals surface area contributed by atoms with Gasteiger partial charge in [-0.05, 0) is 28.5 Å². The van der Waals surface area contributed by atoms with Crippen molar-refractivity contribution in [3.8, 4) is 11.4 Å². The standard InChI is InChI=1S/C14H19N5O2/c1-10(7-13(20)21)9-19-14(15-16-17-19)11-5-4-6-12(8-11)18(2)3/h4-6,8,10H,7,9H2,1-3H3,(H,20,21). The Balaban J connectivity index is 2.24. The number of carboxylic acids is 1. The molecule has 0 aliphatic heterocycles. The Labute approximate surface area is 123 Å². The van der Waals surface area contributed by atoms with Crippen LogP contribution in [0.3, 0.4) is 0 Å². The van der Waals surface area contributed by atoms with Crippen LogP contribution in [0.25, 0.3) is 11.4 Å². The van der Waals surface area contributed by atoms with E-state index in [0.29, 0.717) is 12.4 Å². The molecule has 0 amide bonds. The van der Waals surface area contributed by atoms with Gasteiger partial charge in [-0.15, -0.1) is 5.10 Å². The van der Waals surface area contributed by atoms with Gasteiger partial charge in [0.1, 0.15) is 0 Å². The molecule has 21 heavy (non-hydrogen) atoms. The lowest BCUT2D eigenvalue weighted by molar-refractivity contribution is -0.138. The van der Waals surface area contributed by atoms with Gasteiger partial charge in [-0.1, -0.05) is 19.1 Å². The topological polar surface area (TPSA) is 84.1 Å². The van der Waals surface area contributed by atoms with Gasteiger partial charge in [0.25, 0.3) is 0 Å². The van der Waals surface area contributed by atoms with E-state index < -0.39 is 5.97 Å². The Morgan fingerprint density at radius 2 is 2.19 bits per heavy atom. The second-order valence-corrected chi connectivity index (χ2v) is 5.33. The molecule has 0 bridgehead atoms. The minimum atomic E-state index is -0.813. The molecule has 2 aromatic rings. The molecule has 7 nitrogen and oxygen atoms in total. The summed E-state index contributed by atoms with van der Waals surface area (Å²) in [6, 6.07) is 7.90. The Morgan fingerprint density at radius 1 is 1.43 bits per heavy atom. The van der Waals surface area contributed by atoms with Crippen LogP contribution in [0.4, 0.5) is 5.69 Å². The number of hydrogen-bond donors (Lipinski definition) is 1. The zero-order valence-corrected chi connectivity index (χ0v) is 12.4. The van der Waals surface area contributed by atoms with Crippen molar-refractivity contribution in [1.82, 2.24) is 20.2 Å². The molecule has 1 aromatic carbocycles. The summed E-state index contributed by atoms with van der Waals surface area (Å²) < 4.78 is 1.66. The quantitative estimate of drug-likeness (QED) is 0.868. The van der Waals surface area contributed by atoms with Crippen molar-refractivity contribution < 1.29 is 9.90 Å². The molecule has 2 rings (SSSR count). The van der Waals surface area contributed by atoms with E-state index in [9.17, 15) is 4.79 Å². The van der Waals surface area contributed by atoms with Gasteiger partial charge in [0.2, 0.25) is 0 Å². The van der Waals surface area contributed by atoms with E-state index in [2.05, 4.69) is 15.5 Å². The SMILES string of the molecule is CC(CC(=O)O)Cn1nnnc1-c1cccc(N(C)C)c1. The highest BCUT2D eigenvalue weighted by atomic mass is 16.4. The Morgan fingerprint density at radius 3 is 2.86 bits per heavy atom. The summed E-state index contributed by atoms with van der Waals surface area (Å²) in [6.45, 7) is 2.34. The summed E-state index contributed by atoms with van der Waals surface area (Å²) in [7, 11) is 3.94. The number of carbonyl (C=O) groups is 1. The Bertz CT molecular complexity index is 623. The van der Waals surface area contributed by atoms with Gasteiger partial charge in [-0.3, -0.25) is 4.79 Å². The normalized spacial score (nSPS) is 12.1. The number of nitrogens with zero attached hydrogens (tertiary/aromatic N) is 5. The van der Waals surface area contributed by atoms with E-state index in [4.69, 9.17) is 5.11 Å². The zero-order valence-electron chi connectivity index (χ0n) is 12.4. The van der Waals surface area contributed by atoms with Crippen molar-refractivity contribution in [3.05, 3.63) is 24.3 Å². The first-order chi connectivity index (χ1) is 9.97. The first-order valence-corrected chi connectivity index (χ1v) is 6.73. The Kier molecular flexibility index (Phi) is 4.52. The maximum Gasteiger partial charge on any atom is 0.303 e. The number of benzene rings is 1. The average Bonchev–Trinajstić information content (AvgIpc) is 2.85. The third kappa shape index (κ3) is 3.77. The molecule has 0 saturated carbocycles. The summed E-state index contributed by atoms with van der Waals surface area (Å²) in [5.74, 6) is -0.204. The number of aliphatic carboxylic acids is 1. The highest BCUT2D eigenvalue weighted by molar-refractivity contribution is 5.67. The van der Waals surface area contributed by atoms with Gasteiger partial charge in [0.15, 0.2) is 5.82 Å². The molecule has 0 saturated heterocycles. The van der Waals surface area contributed by atoms with Gasteiger partial charge >= 0.3 is 5.97 Å². The fourth-order valence-corrected chi connectivity index (χ4v) is 2.12. The zero-order chi connectivity index (χ0) is 15.4. The van der Waals surface area contributed by atoms with E-state index in [-0.39, 0.29) is 12.3 Å². The van der Waals surface area contributed by atoms with Crippen LogP contribution in [0.2, 0.25) is 0 Å². The van der Waals surface area contributed by atoms with Crippen molar-refractivity contribution >= 4 is 11.7 Å². The molecule has 112 valence electrons. The second-order valence-electron chi connectivity index (χ2n) is 5.33. The predicted octanol–water partition coefficient (Wildman–Crippen LogP) is 1.52. The number of carboxylic acid groups (broad SMARTS) is 1. The van der Waals surface area contributed by atoms with Gasteiger partial charge in [-0.25, -0.2) is 4.68 Å². The van der Waals surface area contributed by atoms with E-state index >= 15 is 0 Å². The third-order valence-corrected chi connectivity index (χ3v) is 3.16. The Hall–Kier alpha value is -2.44. The number of anilines is 1. The molecule has 0 spiro atoms. The largest absolute Gasteiger partial charge is 0.481 e. The molecule has 0 aliphatic rings. The number of hydrogen-bond acceptors (Lipinski definition) is 5.